The molecule has 14 heavy (non-hydrogen) atoms. The minimum absolute atomic E-state index is 0.813. The Morgan fingerprint density at radius 1 is 1.50 bits per heavy atom. The molecule has 0 saturated carbocycles. The molecule has 0 unspecified atom stereocenters. The largest absolute Gasteiger partial charge is 0.383 e. The lowest BCUT2D eigenvalue weighted by atomic mass is 10.3. The Labute approximate surface area is 82.9 Å². The summed E-state index contributed by atoms with van der Waals surface area (Å²) in [6.07, 6.45) is 0. The van der Waals surface area contributed by atoms with Gasteiger partial charge in [-0.05, 0) is 19.1 Å². The van der Waals surface area contributed by atoms with Gasteiger partial charge in [-0.25, -0.2) is 4.98 Å². The number of aromatic nitrogens is 2. The number of H-pyrrole nitrogens is 1. The lowest BCUT2D eigenvalue weighted by Crippen LogP contribution is -2.10. The molecule has 1 aromatic carbocycles. The lowest BCUT2D eigenvalue weighted by Gasteiger charge is -2.01. The highest BCUT2D eigenvalue weighted by molar-refractivity contribution is 5.77. The minimum atomic E-state index is 0.813. The molecule has 0 aliphatic rings. The summed E-state index contributed by atoms with van der Waals surface area (Å²) in [5.74, 6) is 0.813. The predicted molar refractivity (Wildman–Crippen MR) is 58.8 cm³/mol. The number of rotatable bonds is 3. The Balaban J connectivity index is 2.40. The van der Waals surface area contributed by atoms with E-state index in [4.69, 9.17) is 0 Å². The molecule has 2 rings (SSSR count). The zero-order chi connectivity index (χ0) is 9.97. The van der Waals surface area contributed by atoms with E-state index >= 15 is 0 Å². The molecule has 3 heteroatoms. The van der Waals surface area contributed by atoms with Gasteiger partial charge in [-0.2, -0.15) is 0 Å². The SMILES string of the molecule is C=C(NCC)c1nc2ccccc2[nH]1. The summed E-state index contributed by atoms with van der Waals surface area (Å²) in [6, 6.07) is 7.95. The molecule has 0 spiro atoms. The van der Waals surface area contributed by atoms with Gasteiger partial charge in [-0.3, -0.25) is 0 Å². The highest BCUT2D eigenvalue weighted by atomic mass is 15.0. The third-order valence-electron chi connectivity index (χ3n) is 2.07. The molecular formula is C11H13N3. The van der Waals surface area contributed by atoms with Crippen molar-refractivity contribution >= 4 is 16.7 Å². The van der Waals surface area contributed by atoms with Crippen molar-refractivity contribution in [3.05, 3.63) is 36.7 Å². The second kappa shape index (κ2) is 3.54. The molecule has 1 heterocycles. The Morgan fingerprint density at radius 3 is 3.00 bits per heavy atom. The Kier molecular flexibility index (Phi) is 2.23. The number of aromatic amines is 1. The summed E-state index contributed by atoms with van der Waals surface area (Å²) in [4.78, 5) is 7.62. The average Bonchev–Trinajstić information content (AvgIpc) is 2.61. The van der Waals surface area contributed by atoms with Crippen molar-refractivity contribution in [1.82, 2.24) is 15.3 Å². The molecule has 0 fully saturated rings. The Morgan fingerprint density at radius 2 is 2.29 bits per heavy atom. The van der Waals surface area contributed by atoms with E-state index in [9.17, 15) is 0 Å². The average molecular weight is 187 g/mol. The van der Waals surface area contributed by atoms with Crippen LogP contribution in [0.3, 0.4) is 0 Å². The molecule has 1 aromatic heterocycles. The summed E-state index contributed by atoms with van der Waals surface area (Å²) in [5.41, 5.74) is 2.85. The standard InChI is InChI=1S/C11H13N3/c1-3-12-8(2)11-13-9-6-4-5-7-10(9)14-11/h4-7,12H,2-3H2,1H3,(H,13,14). The van der Waals surface area contributed by atoms with Gasteiger partial charge in [-0.1, -0.05) is 18.7 Å². The molecule has 0 atom stereocenters. The number of hydrogen-bond donors (Lipinski definition) is 2. The van der Waals surface area contributed by atoms with Crippen LogP contribution < -0.4 is 5.32 Å². The van der Waals surface area contributed by atoms with E-state index < -0.39 is 0 Å². The normalized spacial score (nSPS) is 10.4. The van der Waals surface area contributed by atoms with Gasteiger partial charge in [0.2, 0.25) is 0 Å². The van der Waals surface area contributed by atoms with E-state index in [0.29, 0.717) is 0 Å². The quantitative estimate of drug-likeness (QED) is 0.773. The van der Waals surface area contributed by atoms with Crippen LogP contribution in [-0.4, -0.2) is 16.5 Å². The number of fused-ring (bicyclic) bond motifs is 1. The van der Waals surface area contributed by atoms with Crippen LogP contribution >= 0.6 is 0 Å². The maximum Gasteiger partial charge on any atom is 0.154 e. The summed E-state index contributed by atoms with van der Waals surface area (Å²) in [6.45, 7) is 6.80. The summed E-state index contributed by atoms with van der Waals surface area (Å²) >= 11 is 0. The summed E-state index contributed by atoms with van der Waals surface area (Å²) in [5, 5.41) is 3.13. The van der Waals surface area contributed by atoms with Crippen LogP contribution in [0.1, 0.15) is 12.7 Å². The molecule has 3 nitrogen and oxygen atoms in total. The van der Waals surface area contributed by atoms with E-state index in [0.717, 1.165) is 29.1 Å². The summed E-state index contributed by atoms with van der Waals surface area (Å²) in [7, 11) is 0. The van der Waals surface area contributed by atoms with Crippen molar-refractivity contribution in [2.75, 3.05) is 6.54 Å². The molecule has 0 aliphatic heterocycles. The lowest BCUT2D eigenvalue weighted by molar-refractivity contribution is 0.928. The van der Waals surface area contributed by atoms with Crippen molar-refractivity contribution in [2.24, 2.45) is 0 Å². The first kappa shape index (κ1) is 8.81. The van der Waals surface area contributed by atoms with Gasteiger partial charge in [0.25, 0.3) is 0 Å². The van der Waals surface area contributed by atoms with Crippen LogP contribution in [0.25, 0.3) is 16.7 Å². The number of nitrogens with zero attached hydrogens (tertiary/aromatic N) is 1. The predicted octanol–water partition coefficient (Wildman–Crippen LogP) is 2.14. The Hall–Kier alpha value is -1.77. The topological polar surface area (TPSA) is 40.7 Å². The van der Waals surface area contributed by atoms with Crippen LogP contribution in [0, 0.1) is 0 Å². The molecule has 0 aliphatic carbocycles. The summed E-state index contributed by atoms with van der Waals surface area (Å²) < 4.78 is 0. The number of imidazole rings is 1. The van der Waals surface area contributed by atoms with Crippen molar-refractivity contribution < 1.29 is 0 Å². The van der Waals surface area contributed by atoms with E-state index in [1.807, 2.05) is 31.2 Å². The van der Waals surface area contributed by atoms with Gasteiger partial charge in [0.15, 0.2) is 5.82 Å². The van der Waals surface area contributed by atoms with Crippen molar-refractivity contribution in [3.63, 3.8) is 0 Å². The first-order chi connectivity index (χ1) is 6.81. The van der Waals surface area contributed by atoms with Gasteiger partial charge >= 0.3 is 0 Å². The Bertz CT molecular complexity index is 423. The molecular weight excluding hydrogens is 174 g/mol. The monoisotopic (exact) mass is 187 g/mol. The molecule has 2 aromatic rings. The van der Waals surface area contributed by atoms with E-state index in [1.165, 1.54) is 0 Å². The molecule has 0 saturated heterocycles. The van der Waals surface area contributed by atoms with Gasteiger partial charge in [0.1, 0.15) is 0 Å². The second-order valence-corrected chi connectivity index (χ2v) is 3.11. The van der Waals surface area contributed by atoms with Gasteiger partial charge < -0.3 is 10.3 Å². The van der Waals surface area contributed by atoms with E-state index in [1.54, 1.807) is 0 Å². The maximum absolute atomic E-state index is 4.41. The van der Waals surface area contributed by atoms with Crippen LogP contribution in [0.5, 0.6) is 0 Å². The molecule has 0 radical (unpaired) electrons. The fourth-order valence-electron chi connectivity index (χ4n) is 1.39. The van der Waals surface area contributed by atoms with Crippen molar-refractivity contribution in [2.45, 2.75) is 6.92 Å². The smallest absolute Gasteiger partial charge is 0.154 e. The minimum Gasteiger partial charge on any atom is -0.383 e. The first-order valence-electron chi connectivity index (χ1n) is 4.69. The van der Waals surface area contributed by atoms with Crippen LogP contribution in [0.15, 0.2) is 30.8 Å². The fourth-order valence-corrected chi connectivity index (χ4v) is 1.39. The van der Waals surface area contributed by atoms with Crippen LogP contribution in [0.4, 0.5) is 0 Å². The van der Waals surface area contributed by atoms with E-state index in [-0.39, 0.29) is 0 Å². The van der Waals surface area contributed by atoms with Gasteiger partial charge in [0, 0.05) is 6.54 Å². The maximum atomic E-state index is 4.41. The first-order valence-corrected chi connectivity index (χ1v) is 4.69. The zero-order valence-electron chi connectivity index (χ0n) is 8.17. The highest BCUT2D eigenvalue weighted by Crippen LogP contribution is 2.13. The fraction of sp³-hybridized carbons (Fsp3) is 0.182. The number of nitrogens with one attached hydrogen (secondary N) is 2. The van der Waals surface area contributed by atoms with Crippen LogP contribution in [-0.2, 0) is 0 Å². The van der Waals surface area contributed by atoms with Crippen molar-refractivity contribution in [1.29, 1.82) is 0 Å². The molecule has 0 amide bonds. The van der Waals surface area contributed by atoms with E-state index in [2.05, 4.69) is 21.9 Å². The van der Waals surface area contributed by atoms with Crippen LogP contribution in [0.2, 0.25) is 0 Å². The molecule has 0 bridgehead atoms. The van der Waals surface area contributed by atoms with Gasteiger partial charge in [0.05, 0.1) is 16.7 Å². The highest BCUT2D eigenvalue weighted by Gasteiger charge is 2.03. The third kappa shape index (κ3) is 1.48. The van der Waals surface area contributed by atoms with Gasteiger partial charge in [-0.15, -0.1) is 0 Å². The van der Waals surface area contributed by atoms with Crippen molar-refractivity contribution in [3.8, 4) is 0 Å². The third-order valence-corrected chi connectivity index (χ3v) is 2.07. The second-order valence-electron chi connectivity index (χ2n) is 3.11. The zero-order valence-corrected chi connectivity index (χ0v) is 8.17. The number of benzene rings is 1. The number of hydrogen-bond acceptors (Lipinski definition) is 2. The molecule has 72 valence electrons. The number of para-hydroxylation sites is 2. The molecule has 2 N–H and O–H groups in total.